The number of nitrogens with zero attached hydrogens (tertiary/aromatic N) is 3. The molecule has 0 bridgehead atoms. The monoisotopic (exact) mass is 412 g/mol. The Morgan fingerprint density at radius 3 is 2.71 bits per heavy atom. The SMILES string of the molecule is Cc1ccc(NC(=O)C2CCCN2c2nc(Cc3ccc(Cl)cc3)ns2)cc1. The second-order valence-corrected chi connectivity index (χ2v) is 8.17. The van der Waals surface area contributed by atoms with Crippen molar-refractivity contribution in [3.8, 4) is 0 Å². The van der Waals surface area contributed by atoms with Gasteiger partial charge in [0.15, 0.2) is 0 Å². The first kappa shape index (κ1) is 18.9. The van der Waals surface area contributed by atoms with Crippen LogP contribution in [0.4, 0.5) is 10.8 Å². The molecule has 1 N–H and O–H groups in total. The second-order valence-electron chi connectivity index (χ2n) is 7.00. The van der Waals surface area contributed by atoms with E-state index in [9.17, 15) is 4.79 Å². The van der Waals surface area contributed by atoms with Gasteiger partial charge in [0.25, 0.3) is 0 Å². The van der Waals surface area contributed by atoms with E-state index < -0.39 is 0 Å². The molecule has 0 spiro atoms. The summed E-state index contributed by atoms with van der Waals surface area (Å²) < 4.78 is 4.49. The Labute approximate surface area is 173 Å². The van der Waals surface area contributed by atoms with E-state index in [1.807, 2.05) is 55.5 Å². The van der Waals surface area contributed by atoms with Crippen molar-refractivity contribution < 1.29 is 4.79 Å². The summed E-state index contributed by atoms with van der Waals surface area (Å²) in [5, 5.41) is 4.55. The summed E-state index contributed by atoms with van der Waals surface area (Å²) in [5.74, 6) is 0.780. The molecule has 1 amide bonds. The van der Waals surface area contributed by atoms with Crippen molar-refractivity contribution in [2.45, 2.75) is 32.2 Å². The summed E-state index contributed by atoms with van der Waals surface area (Å²) in [6.45, 7) is 2.85. The first-order valence-corrected chi connectivity index (χ1v) is 10.4. The van der Waals surface area contributed by atoms with E-state index >= 15 is 0 Å². The lowest BCUT2D eigenvalue weighted by molar-refractivity contribution is -0.117. The third kappa shape index (κ3) is 4.34. The van der Waals surface area contributed by atoms with Crippen molar-refractivity contribution in [1.29, 1.82) is 0 Å². The Hall–Kier alpha value is -2.44. The Bertz CT molecular complexity index is 955. The molecule has 0 radical (unpaired) electrons. The molecule has 1 aliphatic heterocycles. The quantitative estimate of drug-likeness (QED) is 0.660. The van der Waals surface area contributed by atoms with Gasteiger partial charge < -0.3 is 10.2 Å². The molecular formula is C21H21ClN4OS. The standard InChI is InChI=1S/C21H21ClN4OS/c1-14-4-10-17(11-5-14)23-20(27)18-3-2-12-26(18)21-24-19(25-28-21)13-15-6-8-16(22)9-7-15/h4-11,18H,2-3,12-13H2,1H3,(H,23,27). The molecule has 144 valence electrons. The highest BCUT2D eigenvalue weighted by Crippen LogP contribution is 2.28. The number of carbonyl (C=O) groups excluding carboxylic acids is 1. The maximum Gasteiger partial charge on any atom is 0.247 e. The Morgan fingerprint density at radius 1 is 1.21 bits per heavy atom. The predicted octanol–water partition coefficient (Wildman–Crippen LogP) is 4.70. The van der Waals surface area contributed by atoms with E-state index in [0.29, 0.717) is 6.42 Å². The molecule has 7 heteroatoms. The number of aryl methyl sites for hydroxylation is 1. The number of halogens is 1. The van der Waals surface area contributed by atoms with Gasteiger partial charge in [0, 0.05) is 35.2 Å². The third-order valence-corrected chi connectivity index (χ3v) is 5.90. The van der Waals surface area contributed by atoms with Crippen LogP contribution < -0.4 is 10.2 Å². The Balaban J connectivity index is 1.44. The normalized spacial score (nSPS) is 16.4. The number of carbonyl (C=O) groups is 1. The number of amides is 1. The lowest BCUT2D eigenvalue weighted by atomic mass is 10.1. The van der Waals surface area contributed by atoms with Crippen LogP contribution in [0.1, 0.15) is 29.8 Å². The minimum absolute atomic E-state index is 0.0100. The third-order valence-electron chi connectivity index (χ3n) is 4.85. The molecule has 0 aliphatic carbocycles. The van der Waals surface area contributed by atoms with Crippen LogP contribution in [0.2, 0.25) is 5.02 Å². The molecular weight excluding hydrogens is 392 g/mol. The lowest BCUT2D eigenvalue weighted by Crippen LogP contribution is -2.39. The van der Waals surface area contributed by atoms with E-state index in [1.165, 1.54) is 17.1 Å². The molecule has 1 fully saturated rings. The predicted molar refractivity (Wildman–Crippen MR) is 114 cm³/mol. The average Bonchev–Trinajstić information content (AvgIpc) is 3.34. The molecule has 3 aromatic rings. The van der Waals surface area contributed by atoms with Crippen LogP contribution >= 0.6 is 23.1 Å². The molecule has 1 saturated heterocycles. The second kappa shape index (κ2) is 8.29. The zero-order chi connectivity index (χ0) is 19.5. The van der Waals surface area contributed by atoms with E-state index in [4.69, 9.17) is 11.6 Å². The number of aromatic nitrogens is 2. The molecule has 0 saturated carbocycles. The van der Waals surface area contributed by atoms with Gasteiger partial charge in [-0.2, -0.15) is 4.37 Å². The topological polar surface area (TPSA) is 58.1 Å². The van der Waals surface area contributed by atoms with Gasteiger partial charge in [-0.1, -0.05) is 41.4 Å². The van der Waals surface area contributed by atoms with Gasteiger partial charge in [-0.3, -0.25) is 4.79 Å². The number of hydrogen-bond acceptors (Lipinski definition) is 5. The molecule has 5 nitrogen and oxygen atoms in total. The summed E-state index contributed by atoms with van der Waals surface area (Å²) in [6.07, 6.45) is 2.45. The smallest absolute Gasteiger partial charge is 0.247 e. The van der Waals surface area contributed by atoms with Crippen LogP contribution in [-0.4, -0.2) is 27.9 Å². The highest BCUT2D eigenvalue weighted by Gasteiger charge is 2.33. The van der Waals surface area contributed by atoms with E-state index in [1.54, 1.807) is 0 Å². The highest BCUT2D eigenvalue weighted by atomic mass is 35.5. The molecule has 4 rings (SSSR count). The van der Waals surface area contributed by atoms with Crippen LogP contribution in [0.25, 0.3) is 0 Å². The van der Waals surface area contributed by atoms with Gasteiger partial charge in [-0.15, -0.1) is 0 Å². The van der Waals surface area contributed by atoms with Crippen molar-refractivity contribution in [3.63, 3.8) is 0 Å². The maximum atomic E-state index is 12.8. The van der Waals surface area contributed by atoms with Crippen LogP contribution in [0.3, 0.4) is 0 Å². The van der Waals surface area contributed by atoms with Crippen molar-refractivity contribution in [1.82, 2.24) is 9.36 Å². The average molecular weight is 413 g/mol. The number of nitrogens with one attached hydrogen (secondary N) is 1. The molecule has 1 aromatic heterocycles. The number of rotatable bonds is 5. The molecule has 1 unspecified atom stereocenters. The van der Waals surface area contributed by atoms with Crippen molar-refractivity contribution >= 4 is 39.9 Å². The summed E-state index contributed by atoms with van der Waals surface area (Å²) in [4.78, 5) is 19.6. The maximum absolute atomic E-state index is 12.8. The molecule has 28 heavy (non-hydrogen) atoms. The lowest BCUT2D eigenvalue weighted by Gasteiger charge is -2.22. The molecule has 1 atom stereocenters. The van der Waals surface area contributed by atoms with Crippen molar-refractivity contribution in [3.05, 3.63) is 70.5 Å². The zero-order valence-corrected chi connectivity index (χ0v) is 17.1. The number of anilines is 2. The minimum Gasteiger partial charge on any atom is -0.335 e. The van der Waals surface area contributed by atoms with E-state index in [2.05, 4.69) is 19.6 Å². The first-order chi connectivity index (χ1) is 13.6. The zero-order valence-electron chi connectivity index (χ0n) is 15.6. The first-order valence-electron chi connectivity index (χ1n) is 9.30. The van der Waals surface area contributed by atoms with Gasteiger partial charge in [-0.05, 0) is 49.6 Å². The number of hydrogen-bond donors (Lipinski definition) is 1. The summed E-state index contributed by atoms with van der Waals surface area (Å²) in [5.41, 5.74) is 3.11. The van der Waals surface area contributed by atoms with Gasteiger partial charge in [-0.25, -0.2) is 4.98 Å². The highest BCUT2D eigenvalue weighted by molar-refractivity contribution is 7.09. The fraction of sp³-hybridized carbons (Fsp3) is 0.286. The summed E-state index contributed by atoms with van der Waals surface area (Å²) in [6, 6.07) is 15.4. The summed E-state index contributed by atoms with van der Waals surface area (Å²) >= 11 is 7.30. The van der Waals surface area contributed by atoms with Crippen LogP contribution in [0.5, 0.6) is 0 Å². The molecule has 1 aliphatic rings. The fourth-order valence-corrected chi connectivity index (χ4v) is 4.24. The fourth-order valence-electron chi connectivity index (χ4n) is 3.35. The van der Waals surface area contributed by atoms with Gasteiger partial charge in [0.05, 0.1) is 0 Å². The molecule has 2 aromatic carbocycles. The number of benzene rings is 2. The summed E-state index contributed by atoms with van der Waals surface area (Å²) in [7, 11) is 0. The van der Waals surface area contributed by atoms with Gasteiger partial charge in [0.2, 0.25) is 11.0 Å². The van der Waals surface area contributed by atoms with Crippen LogP contribution in [0.15, 0.2) is 48.5 Å². The van der Waals surface area contributed by atoms with E-state index in [0.717, 1.165) is 46.6 Å². The largest absolute Gasteiger partial charge is 0.335 e. The van der Waals surface area contributed by atoms with Gasteiger partial charge >= 0.3 is 0 Å². The van der Waals surface area contributed by atoms with Crippen molar-refractivity contribution in [2.24, 2.45) is 0 Å². The Kier molecular flexibility index (Phi) is 5.59. The van der Waals surface area contributed by atoms with Crippen LogP contribution in [-0.2, 0) is 11.2 Å². The minimum atomic E-state index is -0.211. The molecule has 2 heterocycles. The van der Waals surface area contributed by atoms with Crippen LogP contribution in [0, 0.1) is 6.92 Å². The Morgan fingerprint density at radius 2 is 1.96 bits per heavy atom. The van der Waals surface area contributed by atoms with Crippen molar-refractivity contribution in [2.75, 3.05) is 16.8 Å². The van der Waals surface area contributed by atoms with Gasteiger partial charge in [0.1, 0.15) is 11.9 Å². The van der Waals surface area contributed by atoms with E-state index in [-0.39, 0.29) is 11.9 Å².